The molecule has 2 saturated heterocycles. The van der Waals surface area contributed by atoms with Crippen LogP contribution in [-0.4, -0.2) is 65.4 Å². The largest absolute Gasteiger partial charge is 0.497 e. The highest BCUT2D eigenvalue weighted by molar-refractivity contribution is 5.83. The number of nitrogens with zero attached hydrogens (tertiary/aromatic N) is 4. The van der Waals surface area contributed by atoms with Gasteiger partial charge in [-0.15, -0.1) is 0 Å². The number of hydrogen-bond acceptors (Lipinski definition) is 6. The van der Waals surface area contributed by atoms with Gasteiger partial charge in [0.1, 0.15) is 5.75 Å². The Morgan fingerprint density at radius 1 is 1.15 bits per heavy atom. The minimum absolute atomic E-state index is 0.287. The van der Waals surface area contributed by atoms with Gasteiger partial charge in [-0.2, -0.15) is 0 Å². The summed E-state index contributed by atoms with van der Waals surface area (Å²) in [6, 6.07) is 6.90. The smallest absolute Gasteiger partial charge is 0.226 e. The number of aromatic nitrogens is 2. The van der Waals surface area contributed by atoms with Crippen molar-refractivity contribution in [3.8, 4) is 5.75 Å². The summed E-state index contributed by atoms with van der Waals surface area (Å²) in [7, 11) is 1.68. The molecule has 2 aromatic rings. The molecule has 1 aromatic carbocycles. The zero-order chi connectivity index (χ0) is 18.1. The lowest BCUT2D eigenvalue weighted by Gasteiger charge is -2.39. The molecule has 3 heterocycles. The van der Waals surface area contributed by atoms with E-state index < -0.39 is 0 Å². The molecule has 2 fully saturated rings. The summed E-state index contributed by atoms with van der Waals surface area (Å²) in [4.78, 5) is 14.4. The summed E-state index contributed by atoms with van der Waals surface area (Å²) in [5.74, 6) is 1.64. The Hall–Kier alpha value is -1.92. The topological polar surface area (TPSA) is 61.7 Å². The number of likely N-dealkylation sites (tertiary alicyclic amines) is 1. The van der Waals surface area contributed by atoms with E-state index in [2.05, 4.69) is 9.80 Å². The number of aryl methyl sites for hydroxylation is 1. The molecule has 1 atom stereocenters. The van der Waals surface area contributed by atoms with E-state index in [0.29, 0.717) is 12.1 Å². The Morgan fingerprint density at radius 2 is 1.96 bits per heavy atom. The van der Waals surface area contributed by atoms with Gasteiger partial charge in [-0.1, -0.05) is 0 Å². The predicted octanol–water partition coefficient (Wildman–Crippen LogP) is 2.37. The first kappa shape index (κ1) is 17.5. The van der Waals surface area contributed by atoms with Crippen molar-refractivity contribution in [1.82, 2.24) is 14.9 Å². The number of hydrogen-bond donors (Lipinski definition) is 1. The summed E-state index contributed by atoms with van der Waals surface area (Å²) in [6.45, 7) is 5.39. The van der Waals surface area contributed by atoms with Gasteiger partial charge in [-0.05, 0) is 51.3 Å². The normalized spacial score (nSPS) is 22.3. The monoisotopic (exact) mass is 356 g/mol. The molecule has 0 radical (unpaired) electrons. The molecule has 6 nitrogen and oxygen atoms in total. The lowest BCUT2D eigenvalue weighted by Crippen LogP contribution is -2.48. The molecule has 26 heavy (non-hydrogen) atoms. The molecule has 6 heteroatoms. The minimum Gasteiger partial charge on any atom is -0.497 e. The highest BCUT2D eigenvalue weighted by Crippen LogP contribution is 2.28. The molecular weight excluding hydrogens is 328 g/mol. The van der Waals surface area contributed by atoms with Crippen LogP contribution in [0.25, 0.3) is 10.9 Å². The third-order valence-electron chi connectivity index (χ3n) is 5.93. The quantitative estimate of drug-likeness (QED) is 0.908. The summed E-state index contributed by atoms with van der Waals surface area (Å²) in [6.07, 6.45) is 4.55. The molecule has 0 aliphatic carbocycles. The van der Waals surface area contributed by atoms with Crippen LogP contribution < -0.4 is 9.64 Å². The maximum Gasteiger partial charge on any atom is 0.226 e. The number of ether oxygens (including phenoxy) is 1. The standard InChI is InChI=1S/C20H28N4O2/c1-14-18-6-5-17(26-2)12-19(18)22-20(21-14)23-10-7-15(8-11-23)24-9-3-4-16(24)13-25/h5-6,12,15-16,25H,3-4,7-11,13H2,1-2H3/t16-/m0/s1. The van der Waals surface area contributed by atoms with Crippen molar-refractivity contribution in [2.75, 3.05) is 38.3 Å². The Balaban J connectivity index is 1.50. The number of methoxy groups -OCH3 is 1. The number of rotatable bonds is 4. The molecule has 0 saturated carbocycles. The van der Waals surface area contributed by atoms with Gasteiger partial charge in [0.25, 0.3) is 0 Å². The summed E-state index contributed by atoms with van der Waals surface area (Å²) in [5.41, 5.74) is 1.95. The van der Waals surface area contributed by atoms with Crippen LogP contribution >= 0.6 is 0 Å². The first-order valence-corrected chi connectivity index (χ1v) is 9.63. The van der Waals surface area contributed by atoms with Crippen molar-refractivity contribution in [1.29, 1.82) is 0 Å². The van der Waals surface area contributed by atoms with Crippen LogP contribution in [0.3, 0.4) is 0 Å². The Morgan fingerprint density at radius 3 is 2.69 bits per heavy atom. The van der Waals surface area contributed by atoms with Crippen LogP contribution in [0.5, 0.6) is 5.75 Å². The van der Waals surface area contributed by atoms with Crippen molar-refractivity contribution >= 4 is 16.9 Å². The van der Waals surface area contributed by atoms with Crippen LogP contribution in [0.1, 0.15) is 31.4 Å². The summed E-state index contributed by atoms with van der Waals surface area (Å²) in [5, 5.41) is 10.7. The SMILES string of the molecule is COc1ccc2c(C)nc(N3CCC(N4CCC[C@H]4CO)CC3)nc2c1. The number of fused-ring (bicyclic) bond motifs is 1. The van der Waals surface area contributed by atoms with E-state index in [1.165, 1.54) is 6.42 Å². The third kappa shape index (κ3) is 3.23. The summed E-state index contributed by atoms with van der Waals surface area (Å²) >= 11 is 0. The number of aliphatic hydroxyl groups is 1. The molecule has 0 bridgehead atoms. The fourth-order valence-electron chi connectivity index (χ4n) is 4.45. The van der Waals surface area contributed by atoms with Gasteiger partial charge < -0.3 is 14.7 Å². The number of piperidine rings is 1. The average molecular weight is 356 g/mol. The first-order valence-electron chi connectivity index (χ1n) is 9.63. The summed E-state index contributed by atoms with van der Waals surface area (Å²) < 4.78 is 5.34. The first-order chi connectivity index (χ1) is 12.7. The van der Waals surface area contributed by atoms with E-state index in [4.69, 9.17) is 14.7 Å². The number of anilines is 1. The second-order valence-electron chi connectivity index (χ2n) is 7.43. The van der Waals surface area contributed by atoms with Gasteiger partial charge in [-0.3, -0.25) is 4.90 Å². The van der Waals surface area contributed by atoms with E-state index in [1.54, 1.807) is 7.11 Å². The van der Waals surface area contributed by atoms with Crippen LogP contribution in [-0.2, 0) is 0 Å². The molecule has 1 aromatic heterocycles. The van der Waals surface area contributed by atoms with Crippen molar-refractivity contribution in [3.63, 3.8) is 0 Å². The van der Waals surface area contributed by atoms with Crippen molar-refractivity contribution in [3.05, 3.63) is 23.9 Å². The van der Waals surface area contributed by atoms with E-state index in [-0.39, 0.29) is 6.61 Å². The Kier molecular flexibility index (Phi) is 4.96. The molecular formula is C20H28N4O2. The van der Waals surface area contributed by atoms with Crippen LogP contribution in [0, 0.1) is 6.92 Å². The maximum absolute atomic E-state index is 9.59. The van der Waals surface area contributed by atoms with E-state index in [1.807, 2.05) is 25.1 Å². The third-order valence-corrected chi connectivity index (χ3v) is 5.93. The zero-order valence-corrected chi connectivity index (χ0v) is 15.7. The molecule has 1 N–H and O–H groups in total. The van der Waals surface area contributed by atoms with Crippen LogP contribution in [0.4, 0.5) is 5.95 Å². The van der Waals surface area contributed by atoms with Gasteiger partial charge in [0.05, 0.1) is 24.9 Å². The van der Waals surface area contributed by atoms with E-state index in [9.17, 15) is 5.11 Å². The molecule has 0 unspecified atom stereocenters. The number of benzene rings is 1. The van der Waals surface area contributed by atoms with Crippen molar-refractivity contribution in [2.24, 2.45) is 0 Å². The van der Waals surface area contributed by atoms with Crippen molar-refractivity contribution in [2.45, 2.75) is 44.7 Å². The molecule has 4 rings (SSSR count). The van der Waals surface area contributed by atoms with Gasteiger partial charge in [0.15, 0.2) is 0 Å². The van der Waals surface area contributed by atoms with Crippen LogP contribution in [0.2, 0.25) is 0 Å². The average Bonchev–Trinajstić information content (AvgIpc) is 3.16. The zero-order valence-electron chi connectivity index (χ0n) is 15.7. The van der Waals surface area contributed by atoms with E-state index in [0.717, 1.165) is 67.2 Å². The van der Waals surface area contributed by atoms with Gasteiger partial charge in [0, 0.05) is 36.6 Å². The molecule has 140 valence electrons. The molecule has 2 aliphatic heterocycles. The van der Waals surface area contributed by atoms with Crippen molar-refractivity contribution < 1.29 is 9.84 Å². The van der Waals surface area contributed by atoms with Crippen LogP contribution in [0.15, 0.2) is 18.2 Å². The minimum atomic E-state index is 0.287. The molecule has 0 amide bonds. The maximum atomic E-state index is 9.59. The fraction of sp³-hybridized carbons (Fsp3) is 0.600. The lowest BCUT2D eigenvalue weighted by atomic mass is 10.0. The van der Waals surface area contributed by atoms with Gasteiger partial charge in [-0.25, -0.2) is 9.97 Å². The molecule has 0 spiro atoms. The lowest BCUT2D eigenvalue weighted by molar-refractivity contribution is 0.105. The second kappa shape index (κ2) is 7.37. The highest BCUT2D eigenvalue weighted by Gasteiger charge is 2.32. The second-order valence-corrected chi connectivity index (χ2v) is 7.43. The Bertz CT molecular complexity index is 774. The van der Waals surface area contributed by atoms with E-state index >= 15 is 0 Å². The predicted molar refractivity (Wildman–Crippen MR) is 103 cm³/mol. The van der Waals surface area contributed by atoms with Gasteiger partial charge in [0.2, 0.25) is 5.95 Å². The Labute approximate surface area is 154 Å². The van der Waals surface area contributed by atoms with Gasteiger partial charge >= 0.3 is 0 Å². The molecule has 2 aliphatic rings. The highest BCUT2D eigenvalue weighted by atomic mass is 16.5. The fourth-order valence-corrected chi connectivity index (χ4v) is 4.45. The number of aliphatic hydroxyl groups excluding tert-OH is 1.